The molecule has 0 radical (unpaired) electrons. The molecule has 148 valence electrons. The van der Waals surface area contributed by atoms with Crippen molar-refractivity contribution < 1.29 is 0 Å². The Morgan fingerprint density at radius 1 is 0.679 bits per heavy atom. The summed E-state index contributed by atoms with van der Waals surface area (Å²) in [6, 6.07) is 12.5. The fraction of sp³-hybridized carbons (Fsp3) is 0.364. The smallest absolute Gasteiger partial charge is 0.173 e. The van der Waals surface area contributed by atoms with E-state index < -0.39 is 0 Å². The zero-order valence-electron chi connectivity index (χ0n) is 17.0. The molecule has 2 aromatic rings. The summed E-state index contributed by atoms with van der Waals surface area (Å²) in [7, 11) is 0. The molecule has 1 aliphatic heterocycles. The predicted molar refractivity (Wildman–Crippen MR) is 127 cm³/mol. The summed E-state index contributed by atoms with van der Waals surface area (Å²) in [6.07, 6.45) is 0. The van der Waals surface area contributed by atoms with Gasteiger partial charge in [0.2, 0.25) is 0 Å². The fourth-order valence-electron chi connectivity index (χ4n) is 3.27. The summed E-state index contributed by atoms with van der Waals surface area (Å²) in [6.45, 7) is 11.9. The van der Waals surface area contributed by atoms with Crippen molar-refractivity contribution in [1.82, 2.24) is 9.80 Å². The first-order valence-corrected chi connectivity index (χ1v) is 10.4. The molecule has 0 amide bonds. The van der Waals surface area contributed by atoms with Gasteiger partial charge in [0, 0.05) is 37.6 Å². The maximum absolute atomic E-state index is 5.65. The zero-order chi connectivity index (χ0) is 20.3. The van der Waals surface area contributed by atoms with Crippen molar-refractivity contribution >= 4 is 46.0 Å². The summed E-state index contributed by atoms with van der Waals surface area (Å²) < 4.78 is 0. The summed E-state index contributed by atoms with van der Waals surface area (Å²) in [4.78, 5) is 4.43. The molecule has 4 nitrogen and oxygen atoms in total. The molecular weight excluding hydrogens is 384 g/mol. The van der Waals surface area contributed by atoms with Gasteiger partial charge in [0.15, 0.2) is 10.2 Å². The van der Waals surface area contributed by atoms with E-state index in [1.807, 2.05) is 0 Å². The summed E-state index contributed by atoms with van der Waals surface area (Å²) in [5.74, 6) is 0. The molecule has 0 atom stereocenters. The average molecular weight is 413 g/mol. The van der Waals surface area contributed by atoms with Gasteiger partial charge in [-0.15, -0.1) is 0 Å². The van der Waals surface area contributed by atoms with E-state index in [2.05, 4.69) is 84.5 Å². The van der Waals surface area contributed by atoms with E-state index in [1.54, 1.807) is 0 Å². The first-order valence-electron chi connectivity index (χ1n) is 9.61. The van der Waals surface area contributed by atoms with Crippen LogP contribution in [-0.2, 0) is 0 Å². The molecule has 3 rings (SSSR count). The summed E-state index contributed by atoms with van der Waals surface area (Å²) in [5, 5.41) is 8.38. The Labute approximate surface area is 178 Å². The van der Waals surface area contributed by atoms with E-state index >= 15 is 0 Å². The van der Waals surface area contributed by atoms with Crippen LogP contribution >= 0.6 is 24.4 Å². The standard InChI is InChI=1S/C22H28N4S2/c1-15-7-5-9-19(17(15)3)23-21(27)25-11-13-26(14-12-25)22(28)24-20-10-6-8-16(2)18(20)4/h5-10H,11-14H2,1-4H3,(H,23,27)(H,24,28). The van der Waals surface area contributed by atoms with Gasteiger partial charge in [-0.05, 0) is 86.5 Å². The van der Waals surface area contributed by atoms with Crippen LogP contribution in [0.5, 0.6) is 0 Å². The molecule has 1 aliphatic rings. The van der Waals surface area contributed by atoms with Crippen LogP contribution in [0, 0.1) is 27.7 Å². The maximum atomic E-state index is 5.65. The third kappa shape index (κ3) is 4.62. The number of piperazine rings is 1. The minimum absolute atomic E-state index is 0.779. The van der Waals surface area contributed by atoms with Crippen molar-refractivity contribution in [3.05, 3.63) is 58.7 Å². The van der Waals surface area contributed by atoms with Crippen LogP contribution in [0.25, 0.3) is 0 Å². The molecule has 1 saturated heterocycles. The lowest BCUT2D eigenvalue weighted by molar-refractivity contribution is 0.264. The number of aryl methyl sites for hydroxylation is 2. The second-order valence-corrected chi connectivity index (χ2v) is 8.10. The second-order valence-electron chi connectivity index (χ2n) is 7.33. The number of benzene rings is 2. The number of rotatable bonds is 2. The Morgan fingerprint density at radius 3 is 1.39 bits per heavy atom. The molecule has 0 spiro atoms. The van der Waals surface area contributed by atoms with Gasteiger partial charge in [-0.25, -0.2) is 0 Å². The van der Waals surface area contributed by atoms with Gasteiger partial charge in [-0.1, -0.05) is 24.3 Å². The predicted octanol–water partition coefficient (Wildman–Crippen LogP) is 4.63. The van der Waals surface area contributed by atoms with Gasteiger partial charge < -0.3 is 20.4 Å². The molecule has 1 heterocycles. The van der Waals surface area contributed by atoms with Crippen LogP contribution in [0.4, 0.5) is 11.4 Å². The quantitative estimate of drug-likeness (QED) is 0.699. The highest BCUT2D eigenvalue weighted by Crippen LogP contribution is 2.20. The average Bonchev–Trinajstić information content (AvgIpc) is 2.69. The lowest BCUT2D eigenvalue weighted by Crippen LogP contribution is -2.52. The van der Waals surface area contributed by atoms with Crippen molar-refractivity contribution in [2.75, 3.05) is 36.8 Å². The van der Waals surface area contributed by atoms with Crippen LogP contribution in [0.2, 0.25) is 0 Å². The lowest BCUT2D eigenvalue weighted by Gasteiger charge is -2.37. The van der Waals surface area contributed by atoms with Gasteiger partial charge >= 0.3 is 0 Å². The van der Waals surface area contributed by atoms with E-state index in [1.165, 1.54) is 22.3 Å². The highest BCUT2D eigenvalue weighted by atomic mass is 32.1. The van der Waals surface area contributed by atoms with Gasteiger partial charge in [0.25, 0.3) is 0 Å². The SMILES string of the molecule is Cc1cccc(NC(=S)N2CCN(C(=S)Nc3cccc(C)c3C)CC2)c1C. The van der Waals surface area contributed by atoms with Crippen LogP contribution in [0.3, 0.4) is 0 Å². The Kier molecular flexibility index (Phi) is 6.52. The third-order valence-corrected chi connectivity index (χ3v) is 6.27. The van der Waals surface area contributed by atoms with Crippen LogP contribution < -0.4 is 10.6 Å². The first kappa shape index (κ1) is 20.6. The van der Waals surface area contributed by atoms with Crippen LogP contribution in [0.1, 0.15) is 22.3 Å². The maximum Gasteiger partial charge on any atom is 0.173 e. The van der Waals surface area contributed by atoms with Crippen molar-refractivity contribution in [3.63, 3.8) is 0 Å². The van der Waals surface area contributed by atoms with Crippen molar-refractivity contribution in [3.8, 4) is 0 Å². The van der Waals surface area contributed by atoms with Crippen LogP contribution in [0.15, 0.2) is 36.4 Å². The van der Waals surface area contributed by atoms with Crippen LogP contribution in [-0.4, -0.2) is 46.2 Å². The Balaban J connectivity index is 1.55. The van der Waals surface area contributed by atoms with E-state index in [-0.39, 0.29) is 0 Å². The first-order chi connectivity index (χ1) is 13.4. The van der Waals surface area contributed by atoms with E-state index in [0.29, 0.717) is 0 Å². The Morgan fingerprint density at radius 2 is 1.04 bits per heavy atom. The number of nitrogens with one attached hydrogen (secondary N) is 2. The molecule has 28 heavy (non-hydrogen) atoms. The normalized spacial score (nSPS) is 14.0. The number of anilines is 2. The monoisotopic (exact) mass is 412 g/mol. The van der Waals surface area contributed by atoms with Gasteiger partial charge in [-0.3, -0.25) is 0 Å². The molecule has 0 unspecified atom stereocenters. The largest absolute Gasteiger partial charge is 0.345 e. The number of thiocarbonyl (C=S) groups is 2. The minimum Gasteiger partial charge on any atom is -0.345 e. The van der Waals surface area contributed by atoms with Gasteiger partial charge in [0.05, 0.1) is 0 Å². The van der Waals surface area contributed by atoms with Gasteiger partial charge in [-0.2, -0.15) is 0 Å². The topological polar surface area (TPSA) is 30.5 Å². The van der Waals surface area contributed by atoms with Crippen molar-refractivity contribution in [2.24, 2.45) is 0 Å². The lowest BCUT2D eigenvalue weighted by atomic mass is 10.1. The number of nitrogens with zero attached hydrogens (tertiary/aromatic N) is 2. The highest BCUT2D eigenvalue weighted by molar-refractivity contribution is 7.80. The highest BCUT2D eigenvalue weighted by Gasteiger charge is 2.21. The van der Waals surface area contributed by atoms with E-state index in [4.69, 9.17) is 24.4 Å². The number of hydrogen-bond acceptors (Lipinski definition) is 2. The third-order valence-electron chi connectivity index (χ3n) is 5.55. The molecule has 6 heteroatoms. The zero-order valence-corrected chi connectivity index (χ0v) is 18.6. The van der Waals surface area contributed by atoms with Crippen molar-refractivity contribution in [1.29, 1.82) is 0 Å². The molecule has 0 aromatic heterocycles. The molecule has 1 fully saturated rings. The Bertz CT molecular complexity index is 813. The van der Waals surface area contributed by atoms with E-state index in [9.17, 15) is 0 Å². The molecular formula is C22H28N4S2. The second kappa shape index (κ2) is 8.88. The number of hydrogen-bond donors (Lipinski definition) is 2. The molecule has 2 aromatic carbocycles. The summed E-state index contributed by atoms with van der Waals surface area (Å²) >= 11 is 11.3. The minimum atomic E-state index is 0.779. The van der Waals surface area contributed by atoms with E-state index in [0.717, 1.165) is 47.8 Å². The van der Waals surface area contributed by atoms with Crippen molar-refractivity contribution in [2.45, 2.75) is 27.7 Å². The molecule has 0 saturated carbocycles. The summed E-state index contributed by atoms with van der Waals surface area (Å²) in [5.41, 5.74) is 7.17. The Hall–Kier alpha value is -2.18. The van der Waals surface area contributed by atoms with Gasteiger partial charge in [0.1, 0.15) is 0 Å². The molecule has 0 aliphatic carbocycles. The molecule has 0 bridgehead atoms. The molecule has 2 N–H and O–H groups in total. The fourth-order valence-corrected chi connectivity index (χ4v) is 3.86.